The number of fused-ring (bicyclic) bond motifs is 2. The highest BCUT2D eigenvalue weighted by Gasteiger charge is 2.16. The van der Waals surface area contributed by atoms with Crippen LogP contribution < -0.4 is 9.80 Å². The van der Waals surface area contributed by atoms with E-state index in [1.807, 2.05) is 36.4 Å². The molecule has 0 spiro atoms. The fraction of sp³-hybridized carbons (Fsp3) is 0.0667. The molecule has 0 bridgehead atoms. The van der Waals surface area contributed by atoms with E-state index in [9.17, 15) is 5.26 Å². The first-order chi connectivity index (χ1) is 31.2. The fourth-order valence-electron chi connectivity index (χ4n) is 8.21. The van der Waals surface area contributed by atoms with Crippen LogP contribution in [0.2, 0.25) is 0 Å². The van der Waals surface area contributed by atoms with Gasteiger partial charge in [-0.25, -0.2) is 4.85 Å². The molecule has 0 amide bonds. The molecule has 0 N–H and O–H groups in total. The van der Waals surface area contributed by atoms with Crippen LogP contribution in [-0.4, -0.2) is 0 Å². The minimum Gasteiger partial charge on any atom is -0.311 e. The molecule has 0 atom stereocenters. The van der Waals surface area contributed by atoms with Crippen LogP contribution in [0.25, 0.3) is 50.7 Å². The number of hydrogen-bond acceptors (Lipinski definition) is 3. The largest absolute Gasteiger partial charge is 0.311 e. The van der Waals surface area contributed by atoms with Gasteiger partial charge in [-0.05, 0) is 150 Å². The smallest absolute Gasteiger partial charge is 0.202 e. The van der Waals surface area contributed by atoms with Crippen molar-refractivity contribution in [2.24, 2.45) is 0 Å². The molecule has 0 aliphatic carbocycles. The van der Waals surface area contributed by atoms with Crippen molar-refractivity contribution >= 4 is 85.7 Å². The normalized spacial score (nSPS) is 11.3. The van der Waals surface area contributed by atoms with Crippen molar-refractivity contribution in [2.45, 2.75) is 27.7 Å². The average molecular weight is 823 g/mol. The Morgan fingerprint density at radius 3 is 1.02 bits per heavy atom. The van der Waals surface area contributed by atoms with Crippen molar-refractivity contribution in [2.75, 3.05) is 9.80 Å². The van der Waals surface area contributed by atoms with Gasteiger partial charge >= 0.3 is 0 Å². The van der Waals surface area contributed by atoms with Crippen molar-refractivity contribution in [3.05, 3.63) is 243 Å². The second-order valence-electron chi connectivity index (χ2n) is 16.4. The molecule has 9 aromatic rings. The zero-order chi connectivity index (χ0) is 44.2. The van der Waals surface area contributed by atoms with E-state index in [1.165, 1.54) is 22.3 Å². The third kappa shape index (κ3) is 8.55. The lowest BCUT2D eigenvalue weighted by atomic mass is 9.93. The van der Waals surface area contributed by atoms with E-state index in [4.69, 9.17) is 6.57 Å². The second kappa shape index (κ2) is 17.9. The van der Waals surface area contributed by atoms with Gasteiger partial charge in [-0.1, -0.05) is 150 Å². The van der Waals surface area contributed by atoms with Gasteiger partial charge in [0.2, 0.25) is 5.69 Å². The Balaban J connectivity index is 0.971. The molecule has 0 heterocycles. The highest BCUT2D eigenvalue weighted by atomic mass is 15.1. The van der Waals surface area contributed by atoms with E-state index in [0.717, 1.165) is 77.9 Å². The minimum absolute atomic E-state index is 0.550. The highest BCUT2D eigenvalue weighted by molar-refractivity contribution is 6.16. The maximum absolute atomic E-state index is 10.5. The third-order valence-electron chi connectivity index (χ3n) is 11.8. The van der Waals surface area contributed by atoms with Crippen LogP contribution in [0.4, 0.5) is 39.8 Å². The lowest BCUT2D eigenvalue weighted by Gasteiger charge is -2.25. The summed E-state index contributed by atoms with van der Waals surface area (Å²) < 4.78 is 0. The molecule has 0 fully saturated rings. The maximum atomic E-state index is 10.5. The van der Waals surface area contributed by atoms with Crippen LogP contribution in [0, 0.1) is 45.6 Å². The molecule has 0 aliphatic rings. The Bertz CT molecular complexity index is 2960. The van der Waals surface area contributed by atoms with Crippen molar-refractivity contribution in [3.8, 4) is 6.07 Å². The van der Waals surface area contributed by atoms with Crippen molar-refractivity contribution in [1.29, 1.82) is 5.26 Å². The molecule has 9 aromatic carbocycles. The van der Waals surface area contributed by atoms with Crippen molar-refractivity contribution in [3.63, 3.8) is 0 Å². The molecule has 306 valence electrons. The van der Waals surface area contributed by atoms with Crippen molar-refractivity contribution in [1.82, 2.24) is 0 Å². The molecule has 9 rings (SSSR count). The topological polar surface area (TPSA) is 34.6 Å². The Morgan fingerprint density at radius 1 is 0.375 bits per heavy atom. The zero-order valence-electron chi connectivity index (χ0n) is 36.4. The quantitative estimate of drug-likeness (QED) is 0.0783. The molecule has 0 saturated carbocycles. The monoisotopic (exact) mass is 822 g/mol. The van der Waals surface area contributed by atoms with Crippen LogP contribution in [-0.2, 0) is 0 Å². The van der Waals surface area contributed by atoms with E-state index in [2.05, 4.69) is 218 Å². The highest BCUT2D eigenvalue weighted by Crippen LogP contribution is 2.41. The Kier molecular flexibility index (Phi) is 11.4. The number of hydrogen-bond donors (Lipinski definition) is 0. The van der Waals surface area contributed by atoms with Crippen LogP contribution in [0.3, 0.4) is 0 Å². The summed E-state index contributed by atoms with van der Waals surface area (Å²) in [6.07, 6.45) is 8.32. The van der Waals surface area contributed by atoms with E-state index in [0.29, 0.717) is 11.3 Å². The predicted molar refractivity (Wildman–Crippen MR) is 271 cm³/mol. The SMILES string of the molecule is [C-]#[N+]c1c2ccc(C=Cc3ccc(N(c4ccc(C)cc4)c4ccc(C)cc4)cc3)cc2c(C#N)c2ccc(C=Cc3ccc(N(c4ccc(C)cc4)c4ccc(C)cc4)cc3)cc12. The zero-order valence-corrected chi connectivity index (χ0v) is 36.4. The van der Waals surface area contributed by atoms with E-state index in [-0.39, 0.29) is 0 Å². The Morgan fingerprint density at radius 2 is 0.672 bits per heavy atom. The minimum atomic E-state index is 0.550. The third-order valence-corrected chi connectivity index (χ3v) is 11.8. The van der Waals surface area contributed by atoms with Gasteiger partial charge < -0.3 is 9.80 Å². The van der Waals surface area contributed by atoms with Crippen LogP contribution in [0.1, 0.15) is 50.1 Å². The lowest BCUT2D eigenvalue weighted by Crippen LogP contribution is -2.09. The van der Waals surface area contributed by atoms with Gasteiger partial charge in [0.05, 0.1) is 12.1 Å². The number of nitrogens with zero attached hydrogens (tertiary/aromatic N) is 4. The van der Waals surface area contributed by atoms with Gasteiger partial charge in [-0.15, -0.1) is 0 Å². The predicted octanol–water partition coefficient (Wildman–Crippen LogP) is 16.9. The van der Waals surface area contributed by atoms with Gasteiger partial charge in [0, 0.05) is 34.1 Å². The molecule has 0 aromatic heterocycles. The summed E-state index contributed by atoms with van der Waals surface area (Å²) in [4.78, 5) is 8.57. The first kappa shape index (κ1) is 40.9. The summed E-state index contributed by atoms with van der Waals surface area (Å²) in [5.74, 6) is 0. The summed E-state index contributed by atoms with van der Waals surface area (Å²) in [5, 5.41) is 13.6. The van der Waals surface area contributed by atoms with Crippen molar-refractivity contribution < 1.29 is 0 Å². The van der Waals surface area contributed by atoms with Gasteiger partial charge in [-0.2, -0.15) is 5.26 Å². The van der Waals surface area contributed by atoms with Crippen LogP contribution in [0.15, 0.2) is 182 Å². The maximum Gasteiger partial charge on any atom is 0.202 e. The molecule has 64 heavy (non-hydrogen) atoms. The molecule has 0 unspecified atom stereocenters. The number of anilines is 6. The van der Waals surface area contributed by atoms with Gasteiger partial charge in [0.15, 0.2) is 0 Å². The number of benzene rings is 9. The molecular weight excluding hydrogens is 777 g/mol. The second-order valence-corrected chi connectivity index (χ2v) is 16.4. The van der Waals surface area contributed by atoms with E-state index in [1.54, 1.807) is 0 Å². The molecule has 0 radical (unpaired) electrons. The van der Waals surface area contributed by atoms with E-state index >= 15 is 0 Å². The summed E-state index contributed by atoms with van der Waals surface area (Å²) >= 11 is 0. The fourth-order valence-corrected chi connectivity index (χ4v) is 8.21. The number of nitriles is 1. The lowest BCUT2D eigenvalue weighted by molar-refractivity contribution is 1.27. The average Bonchev–Trinajstić information content (AvgIpc) is 3.32. The van der Waals surface area contributed by atoms with Crippen LogP contribution >= 0.6 is 0 Å². The molecule has 4 heteroatoms. The summed E-state index contributed by atoms with van der Waals surface area (Å²) in [6.45, 7) is 16.7. The number of aryl methyl sites for hydroxylation is 4. The van der Waals surface area contributed by atoms with Crippen LogP contribution in [0.5, 0.6) is 0 Å². The Hall–Kier alpha value is -8.44. The van der Waals surface area contributed by atoms with Gasteiger partial charge in [0.25, 0.3) is 0 Å². The summed E-state index contributed by atoms with van der Waals surface area (Å²) in [7, 11) is 0. The molecule has 4 nitrogen and oxygen atoms in total. The molecule has 0 saturated heterocycles. The first-order valence-electron chi connectivity index (χ1n) is 21.5. The molecule has 0 aliphatic heterocycles. The molecular formula is C60H46N4. The number of rotatable bonds is 10. The first-order valence-corrected chi connectivity index (χ1v) is 21.5. The van der Waals surface area contributed by atoms with Gasteiger partial charge in [0.1, 0.15) is 6.07 Å². The summed E-state index contributed by atoms with van der Waals surface area (Å²) in [5.41, 5.74) is 16.6. The summed E-state index contributed by atoms with van der Waals surface area (Å²) in [6, 6.07) is 66.0. The standard InChI is InChI=1S/C60H46N4/c1-41-6-24-49(25-7-41)63(50-26-8-42(2)9-27-50)53-32-18-45(19-33-53)14-16-47-23-37-56-57(38-47)59(40-61)55-36-22-48(39-58(55)60(56)62-5)17-15-46-20-34-54(35-21-46)64(51-28-10-43(3)11-29-51)52-30-12-44(4)13-31-52/h6-39H,1-4H3. The Labute approximate surface area is 376 Å². The van der Waals surface area contributed by atoms with Gasteiger partial charge in [-0.3, -0.25) is 0 Å². The van der Waals surface area contributed by atoms with E-state index < -0.39 is 0 Å².